The fourth-order valence-electron chi connectivity index (χ4n) is 2.32. The Balaban J connectivity index is 0.000000656. The summed E-state index contributed by atoms with van der Waals surface area (Å²) in [5, 5.41) is 18.4. The van der Waals surface area contributed by atoms with Gasteiger partial charge in [-0.2, -0.15) is 0 Å². The maximum absolute atomic E-state index is 12.1. The number of nitrogens with zero attached hydrogens (tertiary/aromatic N) is 1. The van der Waals surface area contributed by atoms with Crippen molar-refractivity contribution in [2.24, 2.45) is 0 Å². The second-order valence-corrected chi connectivity index (χ2v) is 7.49. The van der Waals surface area contributed by atoms with Gasteiger partial charge >= 0.3 is 11.9 Å². The average Bonchev–Trinajstić information content (AvgIpc) is 2.68. The zero-order valence-corrected chi connectivity index (χ0v) is 18.7. The van der Waals surface area contributed by atoms with Gasteiger partial charge in [0, 0.05) is 28.1 Å². The van der Waals surface area contributed by atoms with Crippen LogP contribution in [0.2, 0.25) is 5.02 Å². The van der Waals surface area contributed by atoms with Gasteiger partial charge in [-0.25, -0.2) is 9.59 Å². The fourth-order valence-corrected chi connectivity index (χ4v) is 2.86. The Morgan fingerprint density at radius 3 is 2.23 bits per heavy atom. The smallest absolute Gasteiger partial charge is 0.414 e. The molecule has 0 aliphatic rings. The molecule has 2 aromatic carbocycles. The van der Waals surface area contributed by atoms with E-state index in [1.807, 2.05) is 54.4 Å². The van der Waals surface area contributed by atoms with Gasteiger partial charge in [-0.15, -0.1) is 0 Å². The van der Waals surface area contributed by atoms with E-state index in [1.165, 1.54) is 0 Å². The molecule has 0 spiro atoms. The number of aliphatic carboxylic acids is 2. The minimum atomic E-state index is -1.82. The predicted molar refractivity (Wildman–Crippen MR) is 116 cm³/mol. The summed E-state index contributed by atoms with van der Waals surface area (Å²) in [7, 11) is 3.55. The number of ether oxygens (including phenoxy) is 1. The highest BCUT2D eigenvalue weighted by Crippen LogP contribution is 2.23. The molecule has 10 heteroatoms. The van der Waals surface area contributed by atoms with Gasteiger partial charge in [0.2, 0.25) is 5.91 Å². The number of hydrogen-bond donors (Lipinski definition) is 3. The van der Waals surface area contributed by atoms with Gasteiger partial charge < -0.3 is 20.3 Å². The molecule has 3 N–H and O–H groups in total. The first-order valence-electron chi connectivity index (χ1n) is 8.60. The van der Waals surface area contributed by atoms with E-state index in [2.05, 4.69) is 21.2 Å². The van der Waals surface area contributed by atoms with Gasteiger partial charge in [-0.05, 0) is 42.9 Å². The zero-order valence-electron chi connectivity index (χ0n) is 16.4. The third-order valence-corrected chi connectivity index (χ3v) is 4.43. The van der Waals surface area contributed by atoms with Crippen LogP contribution in [0.15, 0.2) is 46.9 Å². The molecule has 162 valence electrons. The summed E-state index contributed by atoms with van der Waals surface area (Å²) in [6.07, 6.45) is 0. The molecule has 8 nitrogen and oxygen atoms in total. The lowest BCUT2D eigenvalue weighted by atomic mass is 10.2. The van der Waals surface area contributed by atoms with Crippen LogP contribution < -0.4 is 10.1 Å². The number of methoxy groups -OCH3 is 1. The number of carboxylic acid groups (broad SMARTS) is 2. The number of carbonyl (C=O) groups excluding carboxylic acids is 1. The molecule has 2 rings (SSSR count). The van der Waals surface area contributed by atoms with E-state index in [0.29, 0.717) is 24.7 Å². The number of nitrogens with one attached hydrogen (secondary N) is 1. The van der Waals surface area contributed by atoms with Crippen molar-refractivity contribution in [2.75, 3.05) is 20.7 Å². The molecule has 0 atom stereocenters. The highest BCUT2D eigenvalue weighted by atomic mass is 79.9. The Kier molecular flexibility index (Phi) is 10.9. The lowest BCUT2D eigenvalue weighted by molar-refractivity contribution is -0.159. The van der Waals surface area contributed by atoms with Crippen molar-refractivity contribution in [1.82, 2.24) is 10.2 Å². The summed E-state index contributed by atoms with van der Waals surface area (Å²) in [4.78, 5) is 32.2. The van der Waals surface area contributed by atoms with Crippen LogP contribution >= 0.6 is 27.5 Å². The van der Waals surface area contributed by atoms with Crippen molar-refractivity contribution < 1.29 is 29.3 Å². The van der Waals surface area contributed by atoms with Crippen LogP contribution in [-0.2, 0) is 27.5 Å². The van der Waals surface area contributed by atoms with Gasteiger partial charge in [0.1, 0.15) is 5.75 Å². The van der Waals surface area contributed by atoms with Crippen molar-refractivity contribution >= 4 is 45.4 Å². The quantitative estimate of drug-likeness (QED) is 0.499. The van der Waals surface area contributed by atoms with E-state index in [-0.39, 0.29) is 5.91 Å². The minimum absolute atomic E-state index is 0.0265. The molecule has 0 saturated heterocycles. The van der Waals surface area contributed by atoms with E-state index >= 15 is 0 Å². The first kappa shape index (κ1) is 25.4. The molecule has 1 amide bonds. The Morgan fingerprint density at radius 1 is 1.10 bits per heavy atom. The zero-order chi connectivity index (χ0) is 22.7. The summed E-state index contributed by atoms with van der Waals surface area (Å²) >= 11 is 9.31. The highest BCUT2D eigenvalue weighted by molar-refractivity contribution is 9.10. The van der Waals surface area contributed by atoms with E-state index < -0.39 is 11.9 Å². The number of amides is 1. The van der Waals surface area contributed by atoms with Gasteiger partial charge in [0.05, 0.1) is 13.7 Å². The van der Waals surface area contributed by atoms with Crippen molar-refractivity contribution in [2.45, 2.75) is 13.1 Å². The molecular formula is C20H22BrClN2O6. The molecule has 0 aromatic heterocycles. The molecule has 0 aliphatic carbocycles. The Hall–Kier alpha value is -2.62. The lowest BCUT2D eigenvalue weighted by Crippen LogP contribution is -2.34. The molecule has 2 aromatic rings. The van der Waals surface area contributed by atoms with Crippen LogP contribution in [0.3, 0.4) is 0 Å². The number of carboxylic acids is 2. The molecule has 0 heterocycles. The topological polar surface area (TPSA) is 116 Å². The number of likely N-dealkylation sites (N-methyl/N-ethyl adjacent to an activating group) is 1. The number of carbonyl (C=O) groups is 3. The first-order chi connectivity index (χ1) is 14.1. The third kappa shape index (κ3) is 9.73. The largest absolute Gasteiger partial charge is 0.496 e. The summed E-state index contributed by atoms with van der Waals surface area (Å²) in [5.41, 5.74) is 2.05. The Bertz CT molecular complexity index is 864. The molecule has 0 fully saturated rings. The first-order valence-corrected chi connectivity index (χ1v) is 9.77. The Morgan fingerprint density at radius 2 is 1.70 bits per heavy atom. The SMILES string of the molecule is COc1ccc(Br)cc1CN(C)CC(=O)NCc1ccc(Cl)cc1.O=C(O)C(=O)O. The number of rotatable bonds is 7. The summed E-state index contributed by atoms with van der Waals surface area (Å²) in [6.45, 7) is 1.42. The standard InChI is InChI=1S/C18H20BrClN2O2.C2H2O4/c1-22(11-14-9-15(19)5-8-17(14)24-2)12-18(23)21-10-13-3-6-16(20)7-4-13;3-1(4)2(5)6/h3-9H,10-12H2,1-2H3,(H,21,23);(H,3,4)(H,5,6). The van der Waals surface area contributed by atoms with Crippen LogP contribution in [-0.4, -0.2) is 53.7 Å². The van der Waals surface area contributed by atoms with Gasteiger partial charge in [-0.1, -0.05) is 39.7 Å². The average molecular weight is 502 g/mol. The monoisotopic (exact) mass is 500 g/mol. The molecule has 0 unspecified atom stereocenters. The third-order valence-electron chi connectivity index (χ3n) is 3.68. The summed E-state index contributed by atoms with van der Waals surface area (Å²) < 4.78 is 6.35. The molecular weight excluding hydrogens is 480 g/mol. The van der Waals surface area contributed by atoms with Crippen LogP contribution in [0.25, 0.3) is 0 Å². The van der Waals surface area contributed by atoms with E-state index in [9.17, 15) is 4.79 Å². The van der Waals surface area contributed by atoms with Crippen molar-refractivity contribution in [3.05, 3.63) is 63.1 Å². The van der Waals surface area contributed by atoms with E-state index in [0.717, 1.165) is 21.3 Å². The van der Waals surface area contributed by atoms with Crippen LogP contribution in [0.5, 0.6) is 5.75 Å². The van der Waals surface area contributed by atoms with Crippen LogP contribution in [0.4, 0.5) is 0 Å². The second kappa shape index (κ2) is 12.8. The number of hydrogen-bond acceptors (Lipinski definition) is 5. The van der Waals surface area contributed by atoms with Gasteiger partial charge in [0.25, 0.3) is 0 Å². The normalized spacial score (nSPS) is 10.0. The van der Waals surface area contributed by atoms with E-state index in [1.54, 1.807) is 7.11 Å². The maximum Gasteiger partial charge on any atom is 0.414 e. The molecule has 0 bridgehead atoms. The maximum atomic E-state index is 12.1. The second-order valence-electron chi connectivity index (χ2n) is 6.14. The molecule has 0 saturated carbocycles. The van der Waals surface area contributed by atoms with Crippen LogP contribution in [0.1, 0.15) is 11.1 Å². The summed E-state index contributed by atoms with van der Waals surface area (Å²) in [6, 6.07) is 13.3. The predicted octanol–water partition coefficient (Wildman–Crippen LogP) is 3.01. The highest BCUT2D eigenvalue weighted by Gasteiger charge is 2.10. The summed E-state index contributed by atoms with van der Waals surface area (Å²) in [5.74, 6) is -2.86. The molecule has 0 aliphatic heterocycles. The van der Waals surface area contributed by atoms with Gasteiger partial charge in [-0.3, -0.25) is 9.69 Å². The molecule has 0 radical (unpaired) electrons. The number of benzene rings is 2. The number of halogens is 2. The lowest BCUT2D eigenvalue weighted by Gasteiger charge is -2.18. The van der Waals surface area contributed by atoms with Crippen LogP contribution in [0, 0.1) is 0 Å². The molecule has 30 heavy (non-hydrogen) atoms. The fraction of sp³-hybridized carbons (Fsp3) is 0.250. The van der Waals surface area contributed by atoms with Crippen molar-refractivity contribution in [1.29, 1.82) is 0 Å². The minimum Gasteiger partial charge on any atom is -0.496 e. The van der Waals surface area contributed by atoms with Crippen molar-refractivity contribution in [3.8, 4) is 5.75 Å². The van der Waals surface area contributed by atoms with Gasteiger partial charge in [0.15, 0.2) is 0 Å². The van der Waals surface area contributed by atoms with E-state index in [4.69, 9.17) is 36.1 Å². The Labute approximate surface area is 187 Å². The van der Waals surface area contributed by atoms with Crippen molar-refractivity contribution in [3.63, 3.8) is 0 Å².